The summed E-state index contributed by atoms with van der Waals surface area (Å²) < 4.78 is 0. The number of benzene rings is 2. The lowest BCUT2D eigenvalue weighted by Crippen LogP contribution is -2.30. The van der Waals surface area contributed by atoms with Gasteiger partial charge in [-0.05, 0) is 48.6 Å². The number of carbonyl (C=O) groups excluding carboxylic acids is 1. The van der Waals surface area contributed by atoms with Gasteiger partial charge in [-0.15, -0.1) is 0 Å². The topological polar surface area (TPSA) is 44.4 Å². The summed E-state index contributed by atoms with van der Waals surface area (Å²) in [5.41, 5.74) is 5.37. The van der Waals surface area contributed by atoms with Crippen molar-refractivity contribution < 1.29 is 4.79 Å². The predicted octanol–water partition coefficient (Wildman–Crippen LogP) is 5.97. The van der Waals surface area contributed by atoms with Gasteiger partial charge < -0.3 is 15.5 Å². The standard InChI is InChI=1S/C24H28ClN3O/c1-4-6-21(29)26-20-14-13-19(25)24-22(20)17-7-5-8-18(17)23(27-24)15-9-11-16(12-10-15)28(2)3/h5,7,9-14,17-18,23,27H,4,6,8H2,1-3H3,(H,26,29). The van der Waals surface area contributed by atoms with Crippen molar-refractivity contribution in [2.75, 3.05) is 29.6 Å². The number of hydrogen-bond donors (Lipinski definition) is 2. The fourth-order valence-electron chi connectivity index (χ4n) is 4.53. The molecule has 1 aliphatic carbocycles. The van der Waals surface area contributed by atoms with Crippen LogP contribution in [0, 0.1) is 5.92 Å². The minimum atomic E-state index is 0.0527. The third-order valence-corrected chi connectivity index (χ3v) is 6.30. The van der Waals surface area contributed by atoms with Gasteiger partial charge in [0.15, 0.2) is 0 Å². The number of nitrogens with zero attached hydrogens (tertiary/aromatic N) is 1. The summed E-state index contributed by atoms with van der Waals surface area (Å²) in [6.45, 7) is 2.01. The van der Waals surface area contributed by atoms with E-state index in [4.69, 9.17) is 11.6 Å². The Balaban J connectivity index is 1.72. The zero-order valence-corrected chi connectivity index (χ0v) is 18.0. The fourth-order valence-corrected chi connectivity index (χ4v) is 4.75. The zero-order valence-electron chi connectivity index (χ0n) is 17.2. The van der Waals surface area contributed by atoms with E-state index < -0.39 is 0 Å². The van der Waals surface area contributed by atoms with Gasteiger partial charge in [-0.25, -0.2) is 0 Å². The number of allylic oxidation sites excluding steroid dienone is 2. The van der Waals surface area contributed by atoms with Crippen molar-refractivity contribution in [3.05, 3.63) is 64.7 Å². The summed E-state index contributed by atoms with van der Waals surface area (Å²) in [6, 6.07) is 12.7. The lowest BCUT2D eigenvalue weighted by Gasteiger charge is -2.39. The van der Waals surface area contributed by atoms with Crippen LogP contribution in [0.3, 0.4) is 0 Å². The molecule has 3 atom stereocenters. The Morgan fingerprint density at radius 1 is 1.21 bits per heavy atom. The highest BCUT2D eigenvalue weighted by Gasteiger charge is 2.40. The SMILES string of the molecule is CCCC(=O)Nc1ccc(Cl)c2c1C1C=CCC1C(c1ccc(N(C)C)cc1)N2. The molecule has 0 bridgehead atoms. The summed E-state index contributed by atoms with van der Waals surface area (Å²) in [7, 11) is 4.10. The highest BCUT2D eigenvalue weighted by molar-refractivity contribution is 6.33. The first-order valence-electron chi connectivity index (χ1n) is 10.3. The summed E-state index contributed by atoms with van der Waals surface area (Å²) in [5, 5.41) is 7.52. The molecule has 0 saturated heterocycles. The van der Waals surface area contributed by atoms with Crippen LogP contribution in [0.4, 0.5) is 17.1 Å². The summed E-state index contributed by atoms with van der Waals surface area (Å²) >= 11 is 6.62. The van der Waals surface area contributed by atoms with Crippen molar-refractivity contribution in [3.8, 4) is 0 Å². The van der Waals surface area contributed by atoms with Crippen LogP contribution in [0.1, 0.15) is 49.3 Å². The van der Waals surface area contributed by atoms with E-state index in [1.807, 2.05) is 19.1 Å². The Labute approximate surface area is 177 Å². The summed E-state index contributed by atoms with van der Waals surface area (Å²) in [4.78, 5) is 14.4. The number of halogens is 1. The predicted molar refractivity (Wildman–Crippen MR) is 122 cm³/mol. The van der Waals surface area contributed by atoms with E-state index >= 15 is 0 Å². The number of amides is 1. The molecule has 0 fully saturated rings. The molecule has 1 heterocycles. The normalized spacial score (nSPS) is 21.9. The molecule has 0 radical (unpaired) electrons. The minimum Gasteiger partial charge on any atom is -0.378 e. The van der Waals surface area contributed by atoms with Gasteiger partial charge in [0.1, 0.15) is 0 Å². The van der Waals surface area contributed by atoms with Gasteiger partial charge in [0.05, 0.1) is 16.8 Å². The third-order valence-electron chi connectivity index (χ3n) is 5.99. The maximum absolute atomic E-state index is 12.3. The smallest absolute Gasteiger partial charge is 0.224 e. The molecule has 152 valence electrons. The molecule has 0 spiro atoms. The minimum absolute atomic E-state index is 0.0527. The maximum Gasteiger partial charge on any atom is 0.224 e. The first-order valence-corrected chi connectivity index (χ1v) is 10.7. The second-order valence-electron chi connectivity index (χ2n) is 8.14. The first kappa shape index (κ1) is 19.8. The van der Waals surface area contributed by atoms with Crippen molar-refractivity contribution in [1.82, 2.24) is 0 Å². The van der Waals surface area contributed by atoms with Gasteiger partial charge in [0, 0.05) is 43.4 Å². The van der Waals surface area contributed by atoms with Crippen LogP contribution in [0.2, 0.25) is 5.02 Å². The van der Waals surface area contributed by atoms with E-state index in [-0.39, 0.29) is 17.9 Å². The number of hydrogen-bond acceptors (Lipinski definition) is 3. The van der Waals surface area contributed by atoms with Crippen molar-refractivity contribution >= 4 is 34.6 Å². The monoisotopic (exact) mass is 409 g/mol. The highest BCUT2D eigenvalue weighted by atomic mass is 35.5. The van der Waals surface area contributed by atoms with Crippen LogP contribution >= 0.6 is 11.6 Å². The van der Waals surface area contributed by atoms with Gasteiger partial charge in [0.25, 0.3) is 0 Å². The fraction of sp³-hybridized carbons (Fsp3) is 0.375. The second kappa shape index (κ2) is 8.11. The molecule has 2 aliphatic rings. The number of anilines is 3. The Bertz CT molecular complexity index is 936. The molecular weight excluding hydrogens is 382 g/mol. The molecule has 2 aromatic rings. The van der Waals surface area contributed by atoms with E-state index in [9.17, 15) is 4.79 Å². The second-order valence-corrected chi connectivity index (χ2v) is 8.55. The lowest BCUT2D eigenvalue weighted by atomic mass is 9.76. The average Bonchev–Trinajstić information content (AvgIpc) is 3.19. The molecule has 5 heteroatoms. The molecule has 29 heavy (non-hydrogen) atoms. The number of rotatable bonds is 5. The summed E-state index contributed by atoms with van der Waals surface area (Å²) in [6.07, 6.45) is 6.89. The quantitative estimate of drug-likeness (QED) is 0.598. The van der Waals surface area contributed by atoms with E-state index in [0.29, 0.717) is 17.4 Å². The highest BCUT2D eigenvalue weighted by Crippen LogP contribution is 2.53. The lowest BCUT2D eigenvalue weighted by molar-refractivity contribution is -0.116. The average molecular weight is 410 g/mol. The molecule has 1 aliphatic heterocycles. The van der Waals surface area contributed by atoms with Crippen LogP contribution < -0.4 is 15.5 Å². The largest absolute Gasteiger partial charge is 0.378 e. The van der Waals surface area contributed by atoms with E-state index in [1.165, 1.54) is 11.3 Å². The zero-order chi connectivity index (χ0) is 20.5. The van der Waals surface area contributed by atoms with E-state index in [2.05, 4.69) is 66.0 Å². The Morgan fingerprint density at radius 2 is 1.97 bits per heavy atom. The number of nitrogens with one attached hydrogen (secondary N) is 2. The molecule has 0 saturated carbocycles. The van der Waals surface area contributed by atoms with Gasteiger partial charge in [-0.3, -0.25) is 4.79 Å². The van der Waals surface area contributed by atoms with E-state index in [1.54, 1.807) is 0 Å². The molecular formula is C24H28ClN3O. The van der Waals surface area contributed by atoms with Crippen LogP contribution in [0.15, 0.2) is 48.6 Å². The molecule has 2 N–H and O–H groups in total. The van der Waals surface area contributed by atoms with Crippen molar-refractivity contribution in [3.63, 3.8) is 0 Å². The molecule has 4 rings (SSSR count). The molecule has 0 aromatic heterocycles. The van der Waals surface area contributed by atoms with Crippen LogP contribution in [0.5, 0.6) is 0 Å². The van der Waals surface area contributed by atoms with E-state index in [0.717, 1.165) is 29.8 Å². The molecule has 2 aromatic carbocycles. The summed E-state index contributed by atoms with van der Waals surface area (Å²) in [5.74, 6) is 0.686. The molecule has 4 nitrogen and oxygen atoms in total. The number of fused-ring (bicyclic) bond motifs is 3. The first-order chi connectivity index (χ1) is 14.0. The van der Waals surface area contributed by atoms with Crippen molar-refractivity contribution in [2.45, 2.75) is 38.1 Å². The Hall–Kier alpha value is -2.46. The molecule has 3 unspecified atom stereocenters. The Kier molecular flexibility index (Phi) is 5.55. The van der Waals surface area contributed by atoms with Crippen LogP contribution in [-0.2, 0) is 4.79 Å². The van der Waals surface area contributed by atoms with Crippen LogP contribution in [-0.4, -0.2) is 20.0 Å². The number of carbonyl (C=O) groups is 1. The van der Waals surface area contributed by atoms with Gasteiger partial charge in [0.2, 0.25) is 5.91 Å². The maximum atomic E-state index is 12.3. The van der Waals surface area contributed by atoms with Crippen molar-refractivity contribution in [2.24, 2.45) is 5.92 Å². The van der Waals surface area contributed by atoms with Gasteiger partial charge in [-0.1, -0.05) is 42.8 Å². The van der Waals surface area contributed by atoms with Crippen LogP contribution in [0.25, 0.3) is 0 Å². The Morgan fingerprint density at radius 3 is 2.66 bits per heavy atom. The van der Waals surface area contributed by atoms with Crippen molar-refractivity contribution in [1.29, 1.82) is 0 Å². The molecule has 1 amide bonds. The third kappa shape index (κ3) is 3.74. The van der Waals surface area contributed by atoms with Gasteiger partial charge in [-0.2, -0.15) is 0 Å². The van der Waals surface area contributed by atoms with Gasteiger partial charge >= 0.3 is 0 Å².